The molecule has 0 fully saturated rings. The fraction of sp³-hybridized carbons (Fsp3) is 0.538. The van der Waals surface area contributed by atoms with Gasteiger partial charge in [-0.25, -0.2) is 22.0 Å². The quantitative estimate of drug-likeness (QED) is 0.123. The molecule has 0 spiro atoms. The lowest BCUT2D eigenvalue weighted by molar-refractivity contribution is -0.396. The molecule has 0 heterocycles. The summed E-state index contributed by atoms with van der Waals surface area (Å²) >= 11 is 0.713. The SMILES string of the molecule is Fc1c(F)c(F)c(CC(I)CC(F)(F)C(F)(F)C(F)(F)C(F)(F)F)c(F)c1F. The maximum absolute atomic E-state index is 13.5. The fourth-order valence-electron chi connectivity index (χ4n) is 1.94. The van der Waals surface area contributed by atoms with Crippen molar-refractivity contribution in [1.82, 2.24) is 0 Å². The lowest BCUT2D eigenvalue weighted by Crippen LogP contribution is -2.61. The fourth-order valence-corrected chi connectivity index (χ4v) is 2.93. The van der Waals surface area contributed by atoms with Crippen LogP contribution in [0.5, 0.6) is 0 Å². The van der Waals surface area contributed by atoms with Crippen LogP contribution in [-0.4, -0.2) is 27.9 Å². The molecule has 0 aromatic heterocycles. The van der Waals surface area contributed by atoms with Crippen LogP contribution in [0.15, 0.2) is 0 Å². The summed E-state index contributed by atoms with van der Waals surface area (Å²) in [6.45, 7) is 0. The van der Waals surface area contributed by atoms with Crippen LogP contribution in [0.2, 0.25) is 0 Å². The normalized spacial score (nSPS) is 15.1. The molecule has 1 aromatic carbocycles. The standard InChI is InChI=1S/C13H5F14I/c14-5-4(6(15)8(17)9(18)7(5)16)1-3(28)2-10(19,20)11(21,22)12(23,24)13(25,26)27/h3H,1-2H2. The first kappa shape index (κ1) is 25.0. The molecule has 1 aromatic rings. The van der Waals surface area contributed by atoms with Gasteiger partial charge in [0.15, 0.2) is 23.3 Å². The summed E-state index contributed by atoms with van der Waals surface area (Å²) in [7, 11) is 0. The molecular formula is C13H5F14I. The summed E-state index contributed by atoms with van der Waals surface area (Å²) in [6.07, 6.45) is -11.1. The highest BCUT2D eigenvalue weighted by atomic mass is 127. The second-order valence-electron chi connectivity index (χ2n) is 5.40. The van der Waals surface area contributed by atoms with Gasteiger partial charge in [0.1, 0.15) is 0 Å². The molecule has 15 heteroatoms. The summed E-state index contributed by atoms with van der Waals surface area (Å²) in [5.41, 5.74) is -1.72. The van der Waals surface area contributed by atoms with Crippen LogP contribution in [0.4, 0.5) is 61.5 Å². The van der Waals surface area contributed by atoms with Gasteiger partial charge in [-0.2, -0.15) is 39.5 Å². The highest BCUT2D eigenvalue weighted by Crippen LogP contribution is 2.54. The van der Waals surface area contributed by atoms with Gasteiger partial charge < -0.3 is 0 Å². The first-order valence-electron chi connectivity index (χ1n) is 6.64. The molecule has 0 aliphatic rings. The molecule has 0 radical (unpaired) electrons. The van der Waals surface area contributed by atoms with Gasteiger partial charge in [0.2, 0.25) is 5.82 Å². The van der Waals surface area contributed by atoms with Crippen molar-refractivity contribution in [3.8, 4) is 0 Å². The lowest BCUT2D eigenvalue weighted by atomic mass is 9.97. The van der Waals surface area contributed by atoms with Crippen LogP contribution >= 0.6 is 22.6 Å². The van der Waals surface area contributed by atoms with E-state index in [1.54, 1.807) is 0 Å². The summed E-state index contributed by atoms with van der Waals surface area (Å²) in [6, 6.07) is 0. The zero-order chi connectivity index (χ0) is 22.5. The number of alkyl halides is 10. The molecule has 0 bridgehead atoms. The van der Waals surface area contributed by atoms with Crippen LogP contribution in [-0.2, 0) is 6.42 Å². The van der Waals surface area contributed by atoms with Crippen LogP contribution in [0.1, 0.15) is 12.0 Å². The Morgan fingerprint density at radius 3 is 1.32 bits per heavy atom. The van der Waals surface area contributed by atoms with Gasteiger partial charge in [-0.1, -0.05) is 22.6 Å². The first-order valence-corrected chi connectivity index (χ1v) is 7.88. The molecule has 0 saturated heterocycles. The maximum Gasteiger partial charge on any atom is 0.460 e. The van der Waals surface area contributed by atoms with Crippen molar-refractivity contribution in [2.24, 2.45) is 0 Å². The Kier molecular flexibility index (Phi) is 6.84. The topological polar surface area (TPSA) is 0 Å². The van der Waals surface area contributed by atoms with E-state index < -0.39 is 75.4 Å². The summed E-state index contributed by atoms with van der Waals surface area (Å²) in [5.74, 6) is -32.7. The Hall–Kier alpha value is -1.03. The molecule has 162 valence electrons. The van der Waals surface area contributed by atoms with Crippen LogP contribution < -0.4 is 0 Å². The van der Waals surface area contributed by atoms with Crippen LogP contribution in [0, 0.1) is 29.1 Å². The maximum atomic E-state index is 13.5. The largest absolute Gasteiger partial charge is 0.460 e. The highest BCUT2D eigenvalue weighted by Gasteiger charge is 2.81. The van der Waals surface area contributed by atoms with E-state index in [1.165, 1.54) is 0 Å². The molecule has 1 atom stereocenters. The summed E-state index contributed by atoms with van der Waals surface area (Å²) < 4.78 is 178. The van der Waals surface area contributed by atoms with E-state index in [2.05, 4.69) is 0 Å². The molecule has 0 aliphatic carbocycles. The van der Waals surface area contributed by atoms with Gasteiger partial charge in [-0.15, -0.1) is 0 Å². The van der Waals surface area contributed by atoms with Gasteiger partial charge in [0.25, 0.3) is 0 Å². The van der Waals surface area contributed by atoms with Gasteiger partial charge in [-0.3, -0.25) is 0 Å². The Balaban J connectivity index is 3.19. The van der Waals surface area contributed by atoms with E-state index in [4.69, 9.17) is 0 Å². The Morgan fingerprint density at radius 2 is 0.964 bits per heavy atom. The molecule has 0 N–H and O–H groups in total. The predicted octanol–water partition coefficient (Wildman–Crippen LogP) is 6.59. The molecular weight excluding hydrogens is 549 g/mol. The summed E-state index contributed by atoms with van der Waals surface area (Å²) in [4.78, 5) is 0. The summed E-state index contributed by atoms with van der Waals surface area (Å²) in [5, 5.41) is 0. The van der Waals surface area contributed by atoms with Crippen molar-refractivity contribution in [2.75, 3.05) is 0 Å². The van der Waals surface area contributed by atoms with Crippen molar-refractivity contribution in [3.05, 3.63) is 34.6 Å². The van der Waals surface area contributed by atoms with Gasteiger partial charge in [0.05, 0.1) is 0 Å². The minimum absolute atomic E-state index is 0.713. The molecule has 0 aliphatic heterocycles. The van der Waals surface area contributed by atoms with E-state index in [1.807, 2.05) is 0 Å². The zero-order valence-corrected chi connectivity index (χ0v) is 14.8. The van der Waals surface area contributed by atoms with Crippen molar-refractivity contribution in [3.63, 3.8) is 0 Å². The van der Waals surface area contributed by atoms with Crippen LogP contribution in [0.3, 0.4) is 0 Å². The molecule has 0 saturated carbocycles. The zero-order valence-electron chi connectivity index (χ0n) is 12.7. The molecule has 0 amide bonds. The third-order valence-corrected chi connectivity index (χ3v) is 4.29. The molecule has 28 heavy (non-hydrogen) atoms. The Bertz CT molecular complexity index is 709. The van der Waals surface area contributed by atoms with E-state index in [-0.39, 0.29) is 0 Å². The highest BCUT2D eigenvalue weighted by molar-refractivity contribution is 14.1. The van der Waals surface area contributed by atoms with Crippen LogP contribution in [0.25, 0.3) is 0 Å². The first-order chi connectivity index (χ1) is 12.3. The average Bonchev–Trinajstić information content (AvgIpc) is 2.53. The smallest absolute Gasteiger partial charge is 0.203 e. The van der Waals surface area contributed by atoms with Gasteiger partial charge in [-0.05, 0) is 6.42 Å². The third kappa shape index (κ3) is 4.13. The minimum Gasteiger partial charge on any atom is -0.203 e. The van der Waals surface area contributed by atoms with Crippen molar-refractivity contribution < 1.29 is 61.5 Å². The Labute approximate surface area is 160 Å². The van der Waals surface area contributed by atoms with E-state index in [9.17, 15) is 61.5 Å². The second-order valence-corrected chi connectivity index (χ2v) is 7.17. The number of rotatable bonds is 6. The van der Waals surface area contributed by atoms with E-state index >= 15 is 0 Å². The number of benzene rings is 1. The number of hydrogen-bond donors (Lipinski definition) is 0. The van der Waals surface area contributed by atoms with Gasteiger partial charge >= 0.3 is 23.9 Å². The predicted molar refractivity (Wildman–Crippen MR) is 73.3 cm³/mol. The second kappa shape index (κ2) is 7.66. The van der Waals surface area contributed by atoms with Crippen molar-refractivity contribution in [1.29, 1.82) is 0 Å². The minimum atomic E-state index is -7.16. The number of hydrogen-bond acceptors (Lipinski definition) is 0. The Morgan fingerprint density at radius 1 is 0.607 bits per heavy atom. The van der Waals surface area contributed by atoms with Crippen molar-refractivity contribution >= 4 is 22.6 Å². The molecule has 0 nitrogen and oxygen atoms in total. The lowest BCUT2D eigenvalue weighted by Gasteiger charge is -2.34. The average molecular weight is 554 g/mol. The third-order valence-electron chi connectivity index (χ3n) is 3.41. The van der Waals surface area contributed by atoms with E-state index in [0.717, 1.165) is 0 Å². The van der Waals surface area contributed by atoms with Gasteiger partial charge in [0, 0.05) is 15.9 Å². The number of halogens is 15. The molecule has 1 rings (SSSR count). The monoisotopic (exact) mass is 554 g/mol. The van der Waals surface area contributed by atoms with E-state index in [0.29, 0.717) is 22.6 Å². The molecule has 1 unspecified atom stereocenters. The van der Waals surface area contributed by atoms with Crippen molar-refractivity contribution in [2.45, 2.75) is 40.7 Å².